The first-order valence-corrected chi connectivity index (χ1v) is 9.73. The van der Waals surface area contributed by atoms with Crippen LogP contribution in [0.25, 0.3) is 0 Å². The average Bonchev–Trinajstić information content (AvgIpc) is 2.93. The average molecular weight is 360 g/mol. The topological polar surface area (TPSA) is 87.0 Å². The molecule has 0 bridgehead atoms. The van der Waals surface area contributed by atoms with Crippen molar-refractivity contribution in [1.82, 2.24) is 0 Å². The monoisotopic (exact) mass is 360 g/mol. The Morgan fingerprint density at radius 2 is 2.04 bits per heavy atom. The van der Waals surface area contributed by atoms with Crippen LogP contribution in [0, 0.1) is 17.3 Å². The highest BCUT2D eigenvalue weighted by Gasteiger charge is 2.61. The van der Waals surface area contributed by atoms with E-state index in [1.807, 2.05) is 0 Å². The molecule has 4 rings (SSSR count). The second kappa shape index (κ2) is 5.96. The van der Waals surface area contributed by atoms with E-state index in [1.54, 1.807) is 25.1 Å². The Labute approximate surface area is 154 Å². The summed E-state index contributed by atoms with van der Waals surface area (Å²) >= 11 is 0. The number of carbonyl (C=O) groups excluding carboxylic acids is 1. The van der Waals surface area contributed by atoms with Crippen molar-refractivity contribution >= 4 is 5.97 Å². The van der Waals surface area contributed by atoms with Crippen molar-refractivity contribution in [3.63, 3.8) is 0 Å². The van der Waals surface area contributed by atoms with Crippen molar-refractivity contribution in [3.8, 4) is 5.75 Å². The highest BCUT2D eigenvalue weighted by molar-refractivity contribution is 5.69. The Morgan fingerprint density at radius 3 is 2.77 bits per heavy atom. The van der Waals surface area contributed by atoms with Gasteiger partial charge in [0.05, 0.1) is 11.7 Å². The third kappa shape index (κ3) is 2.40. The van der Waals surface area contributed by atoms with Gasteiger partial charge in [-0.3, -0.25) is 4.79 Å². The van der Waals surface area contributed by atoms with E-state index in [-0.39, 0.29) is 35.1 Å². The maximum absolute atomic E-state index is 11.8. The molecule has 0 radical (unpaired) electrons. The van der Waals surface area contributed by atoms with E-state index in [4.69, 9.17) is 4.74 Å². The summed E-state index contributed by atoms with van der Waals surface area (Å²) in [6.45, 7) is 3.98. The lowest BCUT2D eigenvalue weighted by Crippen LogP contribution is -2.54. The van der Waals surface area contributed by atoms with Crippen LogP contribution < -0.4 is 0 Å². The number of aliphatic hydroxyl groups is 2. The number of benzene rings is 1. The zero-order valence-electron chi connectivity index (χ0n) is 15.4. The van der Waals surface area contributed by atoms with Crippen LogP contribution in [-0.2, 0) is 15.1 Å². The van der Waals surface area contributed by atoms with Gasteiger partial charge >= 0.3 is 5.97 Å². The number of fused-ring (bicyclic) bond motifs is 5. The quantitative estimate of drug-likeness (QED) is 0.705. The van der Waals surface area contributed by atoms with E-state index in [0.717, 1.165) is 24.8 Å². The second-order valence-electron chi connectivity index (χ2n) is 8.58. The van der Waals surface area contributed by atoms with Gasteiger partial charge < -0.3 is 20.1 Å². The first-order valence-electron chi connectivity index (χ1n) is 9.73. The van der Waals surface area contributed by atoms with Gasteiger partial charge in [-0.15, -0.1) is 0 Å². The molecule has 26 heavy (non-hydrogen) atoms. The minimum atomic E-state index is -0.990. The highest BCUT2D eigenvalue weighted by Crippen LogP contribution is 2.64. The van der Waals surface area contributed by atoms with Crippen LogP contribution in [0.2, 0.25) is 0 Å². The van der Waals surface area contributed by atoms with E-state index in [1.165, 1.54) is 0 Å². The van der Waals surface area contributed by atoms with Gasteiger partial charge in [-0.25, -0.2) is 0 Å². The fourth-order valence-corrected chi connectivity index (χ4v) is 5.93. The van der Waals surface area contributed by atoms with Gasteiger partial charge in [-0.05, 0) is 67.2 Å². The molecule has 142 valence electrons. The molecule has 0 amide bonds. The van der Waals surface area contributed by atoms with Crippen molar-refractivity contribution in [2.75, 3.05) is 0 Å². The van der Waals surface area contributed by atoms with E-state index in [0.29, 0.717) is 24.8 Å². The molecule has 3 aliphatic carbocycles. The first kappa shape index (κ1) is 17.8. The van der Waals surface area contributed by atoms with Gasteiger partial charge in [0, 0.05) is 11.8 Å². The fraction of sp³-hybridized carbons (Fsp3) is 0.667. The van der Waals surface area contributed by atoms with Crippen molar-refractivity contribution in [1.29, 1.82) is 0 Å². The predicted octanol–water partition coefficient (Wildman–Crippen LogP) is 3.17. The molecule has 1 aromatic carbocycles. The molecule has 0 saturated heterocycles. The second-order valence-corrected chi connectivity index (χ2v) is 8.58. The summed E-state index contributed by atoms with van der Waals surface area (Å²) in [5.74, 6) is 0.0752. The number of esters is 1. The minimum absolute atomic E-state index is 0.0707. The summed E-state index contributed by atoms with van der Waals surface area (Å²) < 4.78 is 5.74. The summed E-state index contributed by atoms with van der Waals surface area (Å²) in [5, 5.41) is 32.1. The zero-order chi connectivity index (χ0) is 18.7. The fourth-order valence-electron chi connectivity index (χ4n) is 5.93. The van der Waals surface area contributed by atoms with Gasteiger partial charge in [-0.2, -0.15) is 0 Å². The number of phenols is 1. The van der Waals surface area contributed by atoms with Crippen LogP contribution in [0.5, 0.6) is 5.75 Å². The summed E-state index contributed by atoms with van der Waals surface area (Å²) in [6, 6.07) is 4.91. The number of phenolic OH excluding ortho intramolecular Hbond substituents is 1. The van der Waals surface area contributed by atoms with E-state index >= 15 is 0 Å². The summed E-state index contributed by atoms with van der Waals surface area (Å²) in [4.78, 5) is 11.8. The molecule has 3 aliphatic rings. The Kier molecular flexibility index (Phi) is 4.08. The van der Waals surface area contributed by atoms with E-state index in [2.05, 4.69) is 6.92 Å². The van der Waals surface area contributed by atoms with Crippen molar-refractivity contribution in [2.24, 2.45) is 17.3 Å². The van der Waals surface area contributed by atoms with Crippen LogP contribution in [0.1, 0.15) is 69.6 Å². The molecular formula is C21H28O5. The summed E-state index contributed by atoms with van der Waals surface area (Å²) in [6.07, 6.45) is 3.12. The maximum atomic E-state index is 11.8. The minimum Gasteiger partial charge on any atom is -0.508 e. The molecule has 0 spiro atoms. The van der Waals surface area contributed by atoms with Crippen molar-refractivity contribution < 1.29 is 24.9 Å². The molecule has 2 saturated carbocycles. The molecule has 2 fully saturated rings. The Morgan fingerprint density at radius 1 is 1.27 bits per heavy atom. The lowest BCUT2D eigenvalue weighted by Gasteiger charge is -2.55. The van der Waals surface area contributed by atoms with Crippen LogP contribution in [0.4, 0.5) is 0 Å². The van der Waals surface area contributed by atoms with Crippen molar-refractivity contribution in [3.05, 3.63) is 29.3 Å². The van der Waals surface area contributed by atoms with Gasteiger partial charge in [0.15, 0.2) is 0 Å². The molecule has 0 aliphatic heterocycles. The normalized spacial score (nSPS) is 41.1. The molecule has 6 atom stereocenters. The third-order valence-electron chi connectivity index (χ3n) is 7.37. The number of rotatable bonds is 2. The number of aliphatic hydroxyl groups excluding tert-OH is 1. The third-order valence-corrected chi connectivity index (χ3v) is 7.37. The first-order chi connectivity index (χ1) is 12.3. The van der Waals surface area contributed by atoms with Gasteiger partial charge in [0.2, 0.25) is 0 Å². The Balaban J connectivity index is 1.69. The number of aromatic hydroxyl groups is 1. The standard InChI is InChI=1S/C21H28O5/c1-3-19(24)26-18-7-6-15-16-11-17(23)13-10-12(22)4-5-14(13)21(16,25)9-8-20(15,18)2/h4-5,10,15-18,22-23,25H,3,6-9,11H2,1-2H3/t15-,16-,17+,18-,20-,21-/m0/s1. The smallest absolute Gasteiger partial charge is 0.305 e. The van der Waals surface area contributed by atoms with Crippen molar-refractivity contribution in [2.45, 2.75) is 70.2 Å². The van der Waals surface area contributed by atoms with Crippen LogP contribution in [0.3, 0.4) is 0 Å². The lowest BCUT2D eigenvalue weighted by molar-refractivity contribution is -0.174. The van der Waals surface area contributed by atoms with E-state index in [9.17, 15) is 20.1 Å². The Hall–Kier alpha value is -1.59. The molecule has 0 heterocycles. The van der Waals surface area contributed by atoms with E-state index < -0.39 is 11.7 Å². The predicted molar refractivity (Wildman–Crippen MR) is 95.3 cm³/mol. The summed E-state index contributed by atoms with van der Waals surface area (Å²) in [7, 11) is 0. The number of hydrogen-bond acceptors (Lipinski definition) is 5. The van der Waals surface area contributed by atoms with Crippen LogP contribution >= 0.6 is 0 Å². The molecule has 0 aromatic heterocycles. The zero-order valence-corrected chi connectivity index (χ0v) is 15.4. The van der Waals surface area contributed by atoms with Gasteiger partial charge in [0.1, 0.15) is 11.9 Å². The van der Waals surface area contributed by atoms with Gasteiger partial charge in [0.25, 0.3) is 0 Å². The molecule has 5 heteroatoms. The molecule has 5 nitrogen and oxygen atoms in total. The largest absolute Gasteiger partial charge is 0.508 e. The highest BCUT2D eigenvalue weighted by atomic mass is 16.5. The SMILES string of the molecule is CCC(=O)O[C@H]1CC[C@H]2[C@@H]3C[C@@H](O)c4cc(O)ccc4[C@@]3(O)CC[C@]12C. The number of ether oxygens (including phenoxy) is 1. The number of hydrogen-bond donors (Lipinski definition) is 3. The molecular weight excluding hydrogens is 332 g/mol. The van der Waals surface area contributed by atoms with Gasteiger partial charge in [-0.1, -0.05) is 19.9 Å². The lowest BCUT2D eigenvalue weighted by atomic mass is 9.53. The number of carbonyl (C=O) groups is 1. The molecule has 0 unspecified atom stereocenters. The van der Waals surface area contributed by atoms with Crippen LogP contribution in [0.15, 0.2) is 18.2 Å². The molecule has 1 aromatic rings. The Bertz CT molecular complexity index is 731. The molecule has 3 N–H and O–H groups in total. The van der Waals surface area contributed by atoms with Crippen LogP contribution in [-0.4, -0.2) is 27.4 Å². The maximum Gasteiger partial charge on any atom is 0.305 e. The summed E-state index contributed by atoms with van der Waals surface area (Å²) in [5.41, 5.74) is 0.237.